The van der Waals surface area contributed by atoms with Gasteiger partial charge < -0.3 is 19.2 Å². The molecule has 0 saturated heterocycles. The molecule has 110 valence electrons. The Bertz CT molecular complexity index is 438. The molecule has 0 radical (unpaired) electrons. The van der Waals surface area contributed by atoms with Crippen LogP contribution >= 0.6 is 0 Å². The lowest BCUT2D eigenvalue weighted by Crippen LogP contribution is -2.33. The maximum atomic E-state index is 12.0. The van der Waals surface area contributed by atoms with Gasteiger partial charge in [-0.1, -0.05) is 0 Å². The third-order valence-electron chi connectivity index (χ3n) is 2.64. The quantitative estimate of drug-likeness (QED) is 0.569. The first-order valence-corrected chi connectivity index (χ1v) is 6.35. The van der Waals surface area contributed by atoms with E-state index in [2.05, 4.69) is 4.74 Å². The lowest BCUT2D eigenvalue weighted by molar-refractivity contribution is -0.141. The monoisotopic (exact) mass is 281 g/mol. The van der Waals surface area contributed by atoms with Crippen LogP contribution in [0.25, 0.3) is 6.08 Å². The Hall–Kier alpha value is -2.08. The molecule has 1 aromatic rings. The Labute approximate surface area is 117 Å². The van der Waals surface area contributed by atoms with Crippen molar-refractivity contribution in [3.63, 3.8) is 0 Å². The molecule has 0 fully saturated rings. The molecule has 0 saturated carbocycles. The summed E-state index contributed by atoms with van der Waals surface area (Å²) in [5.74, 6) is -0.0333. The second kappa shape index (κ2) is 8.92. The summed E-state index contributed by atoms with van der Waals surface area (Å²) in [6.07, 6.45) is 5.05. The molecule has 1 aromatic heterocycles. The lowest BCUT2D eigenvalue weighted by atomic mass is 10.3. The van der Waals surface area contributed by atoms with Crippen molar-refractivity contribution < 1.29 is 23.8 Å². The van der Waals surface area contributed by atoms with Gasteiger partial charge >= 0.3 is 5.97 Å². The van der Waals surface area contributed by atoms with Gasteiger partial charge in [0.25, 0.3) is 0 Å². The van der Waals surface area contributed by atoms with E-state index in [1.807, 2.05) is 0 Å². The van der Waals surface area contributed by atoms with Crippen LogP contribution in [0.1, 0.15) is 18.6 Å². The van der Waals surface area contributed by atoms with E-state index < -0.39 is 0 Å². The minimum Gasteiger partial charge on any atom is -0.469 e. The van der Waals surface area contributed by atoms with Crippen molar-refractivity contribution in [1.29, 1.82) is 0 Å². The number of carbonyl (C=O) groups excluding carboxylic acids is 2. The molecular formula is C14H19NO5. The van der Waals surface area contributed by atoms with Gasteiger partial charge in [0.05, 0.1) is 19.8 Å². The van der Waals surface area contributed by atoms with Gasteiger partial charge in [-0.3, -0.25) is 9.59 Å². The molecule has 1 rings (SSSR count). The second-order valence-corrected chi connectivity index (χ2v) is 4.08. The number of ether oxygens (including phenoxy) is 1. The van der Waals surface area contributed by atoms with Gasteiger partial charge in [0, 0.05) is 25.8 Å². The summed E-state index contributed by atoms with van der Waals surface area (Å²) >= 11 is 0. The number of rotatable bonds is 8. The molecule has 0 spiro atoms. The molecule has 0 aromatic carbocycles. The van der Waals surface area contributed by atoms with Crippen LogP contribution in [0.15, 0.2) is 28.9 Å². The Morgan fingerprint density at radius 3 is 2.85 bits per heavy atom. The van der Waals surface area contributed by atoms with Gasteiger partial charge in [-0.15, -0.1) is 0 Å². The van der Waals surface area contributed by atoms with E-state index in [0.717, 1.165) is 0 Å². The Morgan fingerprint density at radius 1 is 1.45 bits per heavy atom. The van der Waals surface area contributed by atoms with Crippen LogP contribution in [0.3, 0.4) is 0 Å². The lowest BCUT2D eigenvalue weighted by Gasteiger charge is -2.20. The number of aliphatic hydroxyl groups is 1. The van der Waals surface area contributed by atoms with Crippen molar-refractivity contribution in [2.75, 3.05) is 26.8 Å². The summed E-state index contributed by atoms with van der Waals surface area (Å²) < 4.78 is 9.63. The van der Waals surface area contributed by atoms with Gasteiger partial charge in [0.2, 0.25) is 5.91 Å². The fourth-order valence-corrected chi connectivity index (χ4v) is 1.57. The van der Waals surface area contributed by atoms with Crippen LogP contribution in [0.2, 0.25) is 0 Å². The molecule has 20 heavy (non-hydrogen) atoms. The number of hydrogen-bond donors (Lipinski definition) is 1. The first kappa shape index (κ1) is 16.0. The van der Waals surface area contributed by atoms with Crippen molar-refractivity contribution in [3.05, 3.63) is 30.2 Å². The maximum absolute atomic E-state index is 12.0. The number of esters is 1. The van der Waals surface area contributed by atoms with Crippen molar-refractivity contribution >= 4 is 18.0 Å². The largest absolute Gasteiger partial charge is 0.469 e. The standard InChI is InChI=1S/C14H19NO5/c1-19-14(18)7-9-15(8-3-10-16)13(17)6-5-12-4-2-11-20-12/h2,4-6,11,16H,3,7-10H2,1H3/b6-5+. The van der Waals surface area contributed by atoms with Crippen LogP contribution in [0.4, 0.5) is 0 Å². The normalized spacial score (nSPS) is 10.7. The third-order valence-corrected chi connectivity index (χ3v) is 2.64. The molecule has 0 bridgehead atoms. The van der Waals surface area contributed by atoms with E-state index in [1.54, 1.807) is 18.2 Å². The highest BCUT2D eigenvalue weighted by Gasteiger charge is 2.12. The van der Waals surface area contributed by atoms with Crippen LogP contribution in [-0.2, 0) is 14.3 Å². The van der Waals surface area contributed by atoms with Crippen molar-refractivity contribution in [1.82, 2.24) is 4.90 Å². The van der Waals surface area contributed by atoms with E-state index in [1.165, 1.54) is 24.3 Å². The Morgan fingerprint density at radius 2 is 2.25 bits per heavy atom. The summed E-state index contributed by atoms with van der Waals surface area (Å²) in [6.45, 7) is 0.632. The summed E-state index contributed by atoms with van der Waals surface area (Å²) in [6, 6.07) is 3.46. The second-order valence-electron chi connectivity index (χ2n) is 4.08. The number of methoxy groups -OCH3 is 1. The van der Waals surface area contributed by atoms with E-state index in [-0.39, 0.29) is 31.4 Å². The van der Waals surface area contributed by atoms with Crippen LogP contribution in [-0.4, -0.2) is 48.7 Å². The predicted octanol–water partition coefficient (Wildman–Crippen LogP) is 1.07. The topological polar surface area (TPSA) is 80.0 Å². The summed E-state index contributed by atoms with van der Waals surface area (Å²) in [7, 11) is 1.30. The van der Waals surface area contributed by atoms with Crippen molar-refractivity contribution in [2.24, 2.45) is 0 Å². The number of amides is 1. The number of hydrogen-bond acceptors (Lipinski definition) is 5. The van der Waals surface area contributed by atoms with Gasteiger partial charge in [-0.2, -0.15) is 0 Å². The number of nitrogens with zero attached hydrogens (tertiary/aromatic N) is 1. The average Bonchev–Trinajstić information content (AvgIpc) is 2.97. The van der Waals surface area contributed by atoms with E-state index in [9.17, 15) is 9.59 Å². The Kier molecular flexibility index (Phi) is 7.13. The summed E-state index contributed by atoms with van der Waals surface area (Å²) in [5, 5.41) is 8.84. The van der Waals surface area contributed by atoms with Crippen molar-refractivity contribution in [2.45, 2.75) is 12.8 Å². The number of aliphatic hydroxyl groups excluding tert-OH is 1. The molecule has 0 unspecified atom stereocenters. The average molecular weight is 281 g/mol. The van der Waals surface area contributed by atoms with E-state index >= 15 is 0 Å². The third kappa shape index (κ3) is 5.71. The summed E-state index contributed by atoms with van der Waals surface area (Å²) in [4.78, 5) is 24.6. The van der Waals surface area contributed by atoms with E-state index in [0.29, 0.717) is 18.7 Å². The molecular weight excluding hydrogens is 262 g/mol. The molecule has 6 nitrogen and oxygen atoms in total. The maximum Gasteiger partial charge on any atom is 0.307 e. The van der Waals surface area contributed by atoms with Gasteiger partial charge in [0.1, 0.15) is 5.76 Å². The molecule has 1 N–H and O–H groups in total. The highest BCUT2D eigenvalue weighted by atomic mass is 16.5. The molecule has 0 atom stereocenters. The fourth-order valence-electron chi connectivity index (χ4n) is 1.57. The fraction of sp³-hybridized carbons (Fsp3) is 0.429. The predicted molar refractivity (Wildman–Crippen MR) is 72.7 cm³/mol. The van der Waals surface area contributed by atoms with Crippen LogP contribution < -0.4 is 0 Å². The SMILES string of the molecule is COC(=O)CCN(CCCO)C(=O)/C=C/c1ccco1. The Balaban J connectivity index is 2.56. The minimum absolute atomic E-state index is 0.0100. The first-order valence-electron chi connectivity index (χ1n) is 6.35. The number of furan rings is 1. The molecule has 1 heterocycles. The zero-order valence-corrected chi connectivity index (χ0v) is 11.4. The molecule has 0 aliphatic heterocycles. The molecule has 0 aliphatic carbocycles. The van der Waals surface area contributed by atoms with Gasteiger partial charge in [0.15, 0.2) is 0 Å². The smallest absolute Gasteiger partial charge is 0.307 e. The zero-order valence-electron chi connectivity index (χ0n) is 11.4. The first-order chi connectivity index (χ1) is 9.67. The zero-order chi connectivity index (χ0) is 14.8. The van der Waals surface area contributed by atoms with Gasteiger partial charge in [-0.05, 0) is 24.6 Å². The van der Waals surface area contributed by atoms with Crippen LogP contribution in [0.5, 0.6) is 0 Å². The molecule has 0 aliphatic rings. The minimum atomic E-state index is -0.373. The van der Waals surface area contributed by atoms with E-state index in [4.69, 9.17) is 9.52 Å². The van der Waals surface area contributed by atoms with Crippen molar-refractivity contribution in [3.8, 4) is 0 Å². The highest BCUT2D eigenvalue weighted by molar-refractivity contribution is 5.91. The van der Waals surface area contributed by atoms with Gasteiger partial charge in [-0.25, -0.2) is 0 Å². The van der Waals surface area contributed by atoms with Crippen LogP contribution in [0, 0.1) is 0 Å². The summed E-state index contributed by atoms with van der Waals surface area (Å²) in [5.41, 5.74) is 0. The molecule has 1 amide bonds. The molecule has 6 heteroatoms. The highest BCUT2D eigenvalue weighted by Crippen LogP contribution is 2.04. The number of carbonyl (C=O) groups is 2.